The number of carbonyl (C=O) groups excluding carboxylic acids is 1. The molecule has 0 radical (unpaired) electrons. The Morgan fingerprint density at radius 3 is 2.21 bits per heavy atom. The maximum atomic E-state index is 11.8. The predicted octanol–water partition coefficient (Wildman–Crippen LogP) is 2.36. The predicted molar refractivity (Wildman–Crippen MR) is 74.0 cm³/mol. The van der Waals surface area contributed by atoms with E-state index >= 15 is 0 Å². The molecule has 1 aliphatic carbocycles. The quantitative estimate of drug-likeness (QED) is 0.717. The van der Waals surface area contributed by atoms with Gasteiger partial charge in [-0.3, -0.25) is 0 Å². The van der Waals surface area contributed by atoms with Crippen LogP contribution in [0.4, 0.5) is 4.79 Å². The Hall–Kier alpha value is -1.26. The zero-order chi connectivity index (χ0) is 14.4. The molecule has 1 aliphatic rings. The van der Waals surface area contributed by atoms with E-state index in [1.807, 2.05) is 0 Å². The SMILES string of the molecule is CCC1CCC(NC(=O)N[C@H](C(=O)O)C(C)C)CC1. The Bertz CT molecular complexity index is 310. The largest absolute Gasteiger partial charge is 0.480 e. The van der Waals surface area contributed by atoms with Crippen LogP contribution in [0, 0.1) is 11.8 Å². The molecule has 3 N–H and O–H groups in total. The van der Waals surface area contributed by atoms with Gasteiger partial charge in [0.25, 0.3) is 0 Å². The summed E-state index contributed by atoms with van der Waals surface area (Å²) in [6.07, 6.45) is 5.48. The lowest BCUT2D eigenvalue weighted by molar-refractivity contribution is -0.140. The van der Waals surface area contributed by atoms with Crippen LogP contribution in [0.25, 0.3) is 0 Å². The molecule has 0 aliphatic heterocycles. The lowest BCUT2D eigenvalue weighted by Gasteiger charge is -2.29. The van der Waals surface area contributed by atoms with Crippen LogP contribution in [0.2, 0.25) is 0 Å². The van der Waals surface area contributed by atoms with Gasteiger partial charge in [0, 0.05) is 6.04 Å². The molecule has 5 nitrogen and oxygen atoms in total. The fraction of sp³-hybridized carbons (Fsp3) is 0.857. The minimum atomic E-state index is -0.986. The highest BCUT2D eigenvalue weighted by atomic mass is 16.4. The number of hydrogen-bond donors (Lipinski definition) is 3. The number of carboxylic acid groups (broad SMARTS) is 1. The molecule has 1 fully saturated rings. The standard InChI is InChI=1S/C14H26N2O3/c1-4-10-5-7-11(8-6-10)15-14(19)16-12(9(2)3)13(17)18/h9-12H,4-8H2,1-3H3,(H,17,18)(H2,15,16,19)/t10?,11?,12-/m0/s1. The third-order valence-electron chi connectivity index (χ3n) is 3.98. The molecule has 0 saturated heterocycles. The first-order chi connectivity index (χ1) is 8.93. The Morgan fingerprint density at radius 2 is 1.79 bits per heavy atom. The summed E-state index contributed by atoms with van der Waals surface area (Å²) in [4.78, 5) is 22.8. The average Bonchev–Trinajstić information content (AvgIpc) is 2.36. The number of nitrogens with one attached hydrogen (secondary N) is 2. The van der Waals surface area contributed by atoms with Crippen LogP contribution < -0.4 is 10.6 Å². The van der Waals surface area contributed by atoms with Crippen molar-refractivity contribution in [1.82, 2.24) is 10.6 Å². The van der Waals surface area contributed by atoms with E-state index in [0.29, 0.717) is 0 Å². The third kappa shape index (κ3) is 5.09. The molecule has 0 aromatic heterocycles. The molecule has 0 heterocycles. The first-order valence-corrected chi connectivity index (χ1v) is 7.23. The zero-order valence-corrected chi connectivity index (χ0v) is 12.1. The molecule has 0 spiro atoms. The molecular formula is C14H26N2O3. The van der Waals surface area contributed by atoms with Gasteiger partial charge in [-0.2, -0.15) is 0 Å². The number of amides is 2. The van der Waals surface area contributed by atoms with Crippen molar-refractivity contribution in [3.63, 3.8) is 0 Å². The van der Waals surface area contributed by atoms with Crippen LogP contribution in [-0.2, 0) is 4.79 Å². The van der Waals surface area contributed by atoms with Crippen molar-refractivity contribution in [3.8, 4) is 0 Å². The molecule has 2 amide bonds. The number of urea groups is 1. The van der Waals surface area contributed by atoms with Crippen molar-refractivity contribution in [2.45, 2.75) is 65.0 Å². The van der Waals surface area contributed by atoms with E-state index in [1.165, 1.54) is 6.42 Å². The molecule has 0 unspecified atom stereocenters. The van der Waals surface area contributed by atoms with Gasteiger partial charge in [-0.25, -0.2) is 9.59 Å². The van der Waals surface area contributed by atoms with E-state index in [2.05, 4.69) is 17.6 Å². The zero-order valence-electron chi connectivity index (χ0n) is 12.1. The Kier molecular flexibility index (Phi) is 6.12. The Balaban J connectivity index is 2.37. The summed E-state index contributed by atoms with van der Waals surface area (Å²) in [6, 6.07) is -1.00. The smallest absolute Gasteiger partial charge is 0.326 e. The molecule has 1 atom stereocenters. The van der Waals surface area contributed by atoms with Gasteiger partial charge in [-0.05, 0) is 37.5 Å². The van der Waals surface area contributed by atoms with Gasteiger partial charge in [-0.1, -0.05) is 27.2 Å². The summed E-state index contributed by atoms with van der Waals surface area (Å²) >= 11 is 0. The topological polar surface area (TPSA) is 78.4 Å². The van der Waals surface area contributed by atoms with Crippen molar-refractivity contribution in [2.24, 2.45) is 11.8 Å². The molecule has 0 aromatic carbocycles. The van der Waals surface area contributed by atoms with Gasteiger partial charge in [0.1, 0.15) is 6.04 Å². The van der Waals surface area contributed by atoms with Gasteiger partial charge in [0.2, 0.25) is 0 Å². The van der Waals surface area contributed by atoms with Crippen molar-refractivity contribution in [1.29, 1.82) is 0 Å². The van der Waals surface area contributed by atoms with Gasteiger partial charge in [0.05, 0.1) is 0 Å². The van der Waals surface area contributed by atoms with E-state index in [9.17, 15) is 9.59 Å². The Morgan fingerprint density at radius 1 is 1.21 bits per heavy atom. The van der Waals surface area contributed by atoms with Crippen LogP contribution in [0.3, 0.4) is 0 Å². The molecule has 110 valence electrons. The minimum Gasteiger partial charge on any atom is -0.480 e. The van der Waals surface area contributed by atoms with Crippen LogP contribution in [0.1, 0.15) is 52.9 Å². The summed E-state index contributed by atoms with van der Waals surface area (Å²) < 4.78 is 0. The molecule has 19 heavy (non-hydrogen) atoms. The number of aliphatic carboxylic acids is 1. The molecule has 5 heteroatoms. The number of carbonyl (C=O) groups is 2. The lowest BCUT2D eigenvalue weighted by Crippen LogP contribution is -2.51. The summed E-state index contributed by atoms with van der Waals surface area (Å²) in [7, 11) is 0. The van der Waals surface area contributed by atoms with Gasteiger partial charge >= 0.3 is 12.0 Å². The molecular weight excluding hydrogens is 244 g/mol. The van der Waals surface area contributed by atoms with Crippen LogP contribution in [0.5, 0.6) is 0 Å². The summed E-state index contributed by atoms with van der Waals surface area (Å²) in [6.45, 7) is 5.77. The lowest BCUT2D eigenvalue weighted by atomic mass is 9.84. The van der Waals surface area contributed by atoms with Crippen LogP contribution in [-0.4, -0.2) is 29.2 Å². The highest BCUT2D eigenvalue weighted by molar-refractivity contribution is 5.82. The summed E-state index contributed by atoms with van der Waals surface area (Å²) in [5.41, 5.74) is 0. The van der Waals surface area contributed by atoms with E-state index in [1.54, 1.807) is 13.8 Å². The fourth-order valence-corrected chi connectivity index (χ4v) is 2.60. The fourth-order valence-electron chi connectivity index (χ4n) is 2.60. The second-order valence-electron chi connectivity index (χ2n) is 5.80. The first kappa shape index (κ1) is 15.8. The highest BCUT2D eigenvalue weighted by Gasteiger charge is 2.26. The summed E-state index contributed by atoms with van der Waals surface area (Å²) in [5, 5.41) is 14.5. The first-order valence-electron chi connectivity index (χ1n) is 7.23. The van der Waals surface area contributed by atoms with Crippen LogP contribution in [0.15, 0.2) is 0 Å². The van der Waals surface area contributed by atoms with Gasteiger partial charge in [0.15, 0.2) is 0 Å². The maximum absolute atomic E-state index is 11.8. The normalized spacial score (nSPS) is 24.8. The maximum Gasteiger partial charge on any atom is 0.326 e. The molecule has 1 saturated carbocycles. The average molecular weight is 270 g/mol. The monoisotopic (exact) mass is 270 g/mol. The van der Waals surface area contributed by atoms with Crippen molar-refractivity contribution < 1.29 is 14.7 Å². The second kappa shape index (κ2) is 7.36. The Labute approximate surface area is 115 Å². The van der Waals surface area contributed by atoms with Gasteiger partial charge in [-0.15, -0.1) is 0 Å². The third-order valence-corrected chi connectivity index (χ3v) is 3.98. The van der Waals surface area contributed by atoms with E-state index in [-0.39, 0.29) is 18.0 Å². The van der Waals surface area contributed by atoms with E-state index < -0.39 is 12.0 Å². The number of carboxylic acids is 1. The second-order valence-corrected chi connectivity index (χ2v) is 5.80. The highest BCUT2D eigenvalue weighted by Crippen LogP contribution is 2.26. The number of hydrogen-bond acceptors (Lipinski definition) is 2. The minimum absolute atomic E-state index is 0.126. The van der Waals surface area contributed by atoms with Crippen molar-refractivity contribution >= 4 is 12.0 Å². The van der Waals surface area contributed by atoms with E-state index in [4.69, 9.17) is 5.11 Å². The number of rotatable bonds is 5. The van der Waals surface area contributed by atoms with E-state index in [0.717, 1.165) is 31.6 Å². The summed E-state index contributed by atoms with van der Waals surface area (Å²) in [5.74, 6) is -0.331. The molecule has 0 bridgehead atoms. The molecule has 0 aromatic rings. The van der Waals surface area contributed by atoms with Crippen molar-refractivity contribution in [2.75, 3.05) is 0 Å². The van der Waals surface area contributed by atoms with Gasteiger partial charge < -0.3 is 15.7 Å². The molecule has 1 rings (SSSR count). The van der Waals surface area contributed by atoms with Crippen LogP contribution >= 0.6 is 0 Å². The van der Waals surface area contributed by atoms with Crippen molar-refractivity contribution in [3.05, 3.63) is 0 Å².